The van der Waals surface area contributed by atoms with E-state index in [-0.39, 0.29) is 12.6 Å². The zero-order valence-corrected chi connectivity index (χ0v) is 9.43. The van der Waals surface area contributed by atoms with Gasteiger partial charge < -0.3 is 5.11 Å². The van der Waals surface area contributed by atoms with Gasteiger partial charge in [0.1, 0.15) is 0 Å². The molecule has 0 aromatic heterocycles. The monoisotopic (exact) mass is 205 g/mol. The Kier molecular flexibility index (Phi) is 5.05. The lowest BCUT2D eigenvalue weighted by Crippen LogP contribution is -2.13. The van der Waals surface area contributed by atoms with E-state index in [1.807, 2.05) is 36.5 Å². The van der Waals surface area contributed by atoms with Crippen molar-refractivity contribution in [2.75, 3.05) is 6.61 Å². The van der Waals surface area contributed by atoms with Crippen LogP contribution in [0.25, 0.3) is 0 Å². The number of hydrogen-bond donors (Lipinski definition) is 1. The van der Waals surface area contributed by atoms with E-state index in [2.05, 4.69) is 18.8 Å². The van der Waals surface area contributed by atoms with E-state index in [9.17, 15) is 0 Å². The van der Waals surface area contributed by atoms with Gasteiger partial charge in [-0.1, -0.05) is 44.2 Å². The van der Waals surface area contributed by atoms with E-state index in [0.717, 1.165) is 12.0 Å². The van der Waals surface area contributed by atoms with Crippen molar-refractivity contribution in [2.45, 2.75) is 26.3 Å². The van der Waals surface area contributed by atoms with Crippen LogP contribution in [0.1, 0.15) is 25.8 Å². The first-order valence-electron chi connectivity index (χ1n) is 5.41. The summed E-state index contributed by atoms with van der Waals surface area (Å²) in [6, 6.07) is 10.00. The standard InChI is InChI=1S/C13H19NO/c1-11(2)8-13(10-15)14-9-12-6-4-3-5-7-12/h3-7,9,11,13,15H,8,10H2,1-2H3/b14-9+/t13-/m0/s1. The Labute approximate surface area is 91.7 Å². The van der Waals surface area contributed by atoms with E-state index in [4.69, 9.17) is 5.11 Å². The molecule has 1 aromatic carbocycles. The molecule has 0 saturated carbocycles. The first-order valence-corrected chi connectivity index (χ1v) is 5.41. The molecule has 0 heterocycles. The summed E-state index contributed by atoms with van der Waals surface area (Å²) in [6.07, 6.45) is 2.77. The second kappa shape index (κ2) is 6.36. The molecular weight excluding hydrogens is 186 g/mol. The molecule has 15 heavy (non-hydrogen) atoms. The lowest BCUT2D eigenvalue weighted by Gasteiger charge is -2.11. The van der Waals surface area contributed by atoms with Gasteiger partial charge in [0.2, 0.25) is 0 Å². The van der Waals surface area contributed by atoms with Crippen molar-refractivity contribution in [1.29, 1.82) is 0 Å². The SMILES string of the molecule is CC(C)C[C@@H](CO)/N=C/c1ccccc1. The minimum Gasteiger partial charge on any atom is -0.394 e. The molecule has 0 unspecified atom stereocenters. The Morgan fingerprint density at radius 1 is 1.27 bits per heavy atom. The third-order valence-corrected chi connectivity index (χ3v) is 2.19. The summed E-state index contributed by atoms with van der Waals surface area (Å²) in [5.41, 5.74) is 1.08. The number of nitrogens with zero attached hydrogens (tertiary/aromatic N) is 1. The number of aliphatic imine (C=N–C) groups is 1. The van der Waals surface area contributed by atoms with Crippen LogP contribution in [0.2, 0.25) is 0 Å². The molecule has 2 nitrogen and oxygen atoms in total. The molecule has 1 rings (SSSR count). The lowest BCUT2D eigenvalue weighted by atomic mass is 10.1. The topological polar surface area (TPSA) is 32.6 Å². The van der Waals surface area contributed by atoms with Gasteiger partial charge in [0.05, 0.1) is 12.6 Å². The van der Waals surface area contributed by atoms with Crippen molar-refractivity contribution in [3.05, 3.63) is 35.9 Å². The Bertz CT molecular complexity index is 293. The average Bonchev–Trinajstić information content (AvgIpc) is 2.25. The Morgan fingerprint density at radius 2 is 1.93 bits per heavy atom. The second-order valence-corrected chi connectivity index (χ2v) is 4.15. The minimum absolute atomic E-state index is 0.0326. The van der Waals surface area contributed by atoms with Crippen LogP contribution in [0.15, 0.2) is 35.3 Å². The van der Waals surface area contributed by atoms with Crippen molar-refractivity contribution in [2.24, 2.45) is 10.9 Å². The molecule has 0 fully saturated rings. The molecule has 0 aliphatic heterocycles. The van der Waals surface area contributed by atoms with Crippen LogP contribution in [-0.2, 0) is 0 Å². The van der Waals surface area contributed by atoms with Crippen LogP contribution < -0.4 is 0 Å². The largest absolute Gasteiger partial charge is 0.394 e. The molecule has 82 valence electrons. The fraction of sp³-hybridized carbons (Fsp3) is 0.462. The van der Waals surface area contributed by atoms with Crippen LogP contribution in [0.4, 0.5) is 0 Å². The summed E-state index contributed by atoms with van der Waals surface area (Å²) in [4.78, 5) is 4.38. The number of aliphatic hydroxyl groups is 1. The Morgan fingerprint density at radius 3 is 2.47 bits per heavy atom. The van der Waals surface area contributed by atoms with E-state index in [1.54, 1.807) is 0 Å². The van der Waals surface area contributed by atoms with E-state index < -0.39 is 0 Å². The number of benzene rings is 1. The number of hydrogen-bond acceptors (Lipinski definition) is 2. The third kappa shape index (κ3) is 4.75. The van der Waals surface area contributed by atoms with E-state index in [0.29, 0.717) is 5.92 Å². The van der Waals surface area contributed by atoms with Gasteiger partial charge in [-0.05, 0) is 17.9 Å². The maximum absolute atomic E-state index is 9.14. The van der Waals surface area contributed by atoms with Gasteiger partial charge in [0.15, 0.2) is 0 Å². The number of rotatable bonds is 5. The minimum atomic E-state index is 0.0326. The number of aliphatic hydroxyl groups excluding tert-OH is 1. The summed E-state index contributed by atoms with van der Waals surface area (Å²) in [6.45, 7) is 4.41. The zero-order valence-electron chi connectivity index (χ0n) is 9.43. The van der Waals surface area contributed by atoms with Gasteiger partial charge in [-0.15, -0.1) is 0 Å². The van der Waals surface area contributed by atoms with Crippen LogP contribution in [-0.4, -0.2) is 24.0 Å². The molecule has 0 amide bonds. The molecule has 0 bridgehead atoms. The molecule has 0 spiro atoms. The predicted molar refractivity (Wildman–Crippen MR) is 64.4 cm³/mol. The highest BCUT2D eigenvalue weighted by atomic mass is 16.3. The molecule has 2 heteroatoms. The van der Waals surface area contributed by atoms with Gasteiger partial charge in [-0.2, -0.15) is 0 Å². The lowest BCUT2D eigenvalue weighted by molar-refractivity contribution is 0.251. The molecule has 0 aliphatic rings. The van der Waals surface area contributed by atoms with Gasteiger partial charge in [-0.3, -0.25) is 4.99 Å². The molecule has 1 aromatic rings. The maximum atomic E-state index is 9.14. The molecule has 0 radical (unpaired) electrons. The first-order chi connectivity index (χ1) is 7.22. The molecular formula is C13H19NO. The maximum Gasteiger partial charge on any atom is 0.0733 e. The second-order valence-electron chi connectivity index (χ2n) is 4.15. The van der Waals surface area contributed by atoms with Gasteiger partial charge in [0.25, 0.3) is 0 Å². The summed E-state index contributed by atoms with van der Waals surface area (Å²) in [5.74, 6) is 0.565. The van der Waals surface area contributed by atoms with Crippen molar-refractivity contribution < 1.29 is 5.11 Å². The van der Waals surface area contributed by atoms with E-state index >= 15 is 0 Å². The predicted octanol–water partition coefficient (Wildman–Crippen LogP) is 2.51. The van der Waals surface area contributed by atoms with Crippen LogP contribution in [0.5, 0.6) is 0 Å². The van der Waals surface area contributed by atoms with Gasteiger partial charge in [-0.25, -0.2) is 0 Å². The first kappa shape index (κ1) is 11.9. The van der Waals surface area contributed by atoms with E-state index in [1.165, 1.54) is 0 Å². The quantitative estimate of drug-likeness (QED) is 0.736. The van der Waals surface area contributed by atoms with Crippen molar-refractivity contribution in [3.63, 3.8) is 0 Å². The normalized spacial score (nSPS) is 13.6. The summed E-state index contributed by atoms with van der Waals surface area (Å²) in [7, 11) is 0. The average molecular weight is 205 g/mol. The molecule has 0 aliphatic carbocycles. The fourth-order valence-corrected chi connectivity index (χ4v) is 1.46. The summed E-state index contributed by atoms with van der Waals surface area (Å²) < 4.78 is 0. The van der Waals surface area contributed by atoms with Crippen molar-refractivity contribution in [3.8, 4) is 0 Å². The highest BCUT2D eigenvalue weighted by molar-refractivity contribution is 5.79. The smallest absolute Gasteiger partial charge is 0.0733 e. The Hall–Kier alpha value is -1.15. The van der Waals surface area contributed by atoms with Crippen molar-refractivity contribution in [1.82, 2.24) is 0 Å². The van der Waals surface area contributed by atoms with Crippen LogP contribution in [0, 0.1) is 5.92 Å². The highest BCUT2D eigenvalue weighted by Gasteiger charge is 2.06. The van der Waals surface area contributed by atoms with Crippen molar-refractivity contribution >= 4 is 6.21 Å². The van der Waals surface area contributed by atoms with Gasteiger partial charge in [0, 0.05) is 6.21 Å². The Balaban J connectivity index is 2.55. The van der Waals surface area contributed by atoms with Gasteiger partial charge >= 0.3 is 0 Å². The molecule has 1 N–H and O–H groups in total. The highest BCUT2D eigenvalue weighted by Crippen LogP contribution is 2.07. The van der Waals surface area contributed by atoms with Crippen LogP contribution in [0.3, 0.4) is 0 Å². The summed E-state index contributed by atoms with van der Waals surface area (Å²) >= 11 is 0. The fourth-order valence-electron chi connectivity index (χ4n) is 1.46. The summed E-state index contributed by atoms with van der Waals surface area (Å²) in [5, 5.41) is 9.14. The third-order valence-electron chi connectivity index (χ3n) is 2.19. The van der Waals surface area contributed by atoms with Crippen LogP contribution >= 0.6 is 0 Å². The zero-order chi connectivity index (χ0) is 11.1. The molecule has 0 saturated heterocycles. The molecule has 1 atom stereocenters.